The van der Waals surface area contributed by atoms with Crippen molar-refractivity contribution in [2.45, 2.75) is 60.3 Å². The molecular weight excluding hydrogens is 204 g/mol. The first-order valence-electron chi connectivity index (χ1n) is 6.02. The second-order valence-corrected chi connectivity index (χ2v) is 5.11. The van der Waals surface area contributed by atoms with Crippen molar-refractivity contribution < 1.29 is 14.3 Å². The van der Waals surface area contributed by atoms with Crippen LogP contribution in [0.2, 0.25) is 0 Å². The Hall–Kier alpha value is -0.860. The van der Waals surface area contributed by atoms with Crippen LogP contribution in [0, 0.1) is 10.8 Å². The number of carbonyl (C=O) groups excluding carboxylic acids is 2. The van der Waals surface area contributed by atoms with Gasteiger partial charge in [0.25, 0.3) is 0 Å². The molecule has 0 aromatic heterocycles. The van der Waals surface area contributed by atoms with E-state index in [2.05, 4.69) is 25.5 Å². The molecule has 3 heteroatoms. The van der Waals surface area contributed by atoms with Crippen LogP contribution in [0.15, 0.2) is 0 Å². The summed E-state index contributed by atoms with van der Waals surface area (Å²) in [5.41, 5.74) is -0.422. The number of hydrogen-bond acceptors (Lipinski definition) is 3. The van der Waals surface area contributed by atoms with E-state index >= 15 is 0 Å². The Balaban J connectivity index is 4.83. The first kappa shape index (κ1) is 15.1. The van der Waals surface area contributed by atoms with Gasteiger partial charge in [0.05, 0.1) is 5.41 Å². The maximum absolute atomic E-state index is 11.8. The number of esters is 1. The Bertz CT molecular complexity index is 244. The van der Waals surface area contributed by atoms with Crippen molar-refractivity contribution in [2.24, 2.45) is 10.8 Å². The lowest BCUT2D eigenvalue weighted by atomic mass is 9.69. The lowest BCUT2D eigenvalue weighted by Crippen LogP contribution is -2.35. The second kappa shape index (κ2) is 6.02. The Kier molecular flexibility index (Phi) is 5.70. The van der Waals surface area contributed by atoms with Crippen molar-refractivity contribution in [3.63, 3.8) is 0 Å². The zero-order valence-corrected chi connectivity index (χ0v) is 11.1. The van der Waals surface area contributed by atoms with E-state index in [1.165, 1.54) is 0 Å². The maximum Gasteiger partial charge on any atom is 0.319 e. The van der Waals surface area contributed by atoms with Gasteiger partial charge in [0, 0.05) is 0 Å². The lowest BCUT2D eigenvalue weighted by molar-refractivity contribution is -0.161. The summed E-state index contributed by atoms with van der Waals surface area (Å²) in [5.74, 6) is -0.405. The van der Waals surface area contributed by atoms with Gasteiger partial charge in [0.2, 0.25) is 0 Å². The van der Waals surface area contributed by atoms with E-state index in [4.69, 9.17) is 0 Å². The van der Waals surface area contributed by atoms with Crippen LogP contribution >= 0.6 is 0 Å². The molecule has 3 nitrogen and oxygen atoms in total. The van der Waals surface area contributed by atoms with E-state index < -0.39 is 11.4 Å². The molecule has 0 bridgehead atoms. The summed E-state index contributed by atoms with van der Waals surface area (Å²) in [5, 5.41) is 0. The highest BCUT2D eigenvalue weighted by molar-refractivity contribution is 5.81. The molecule has 94 valence electrons. The molecule has 0 spiro atoms. The fourth-order valence-corrected chi connectivity index (χ4v) is 1.97. The van der Waals surface area contributed by atoms with Gasteiger partial charge in [0.15, 0.2) is 0 Å². The minimum Gasteiger partial charge on any atom is -0.395 e. The van der Waals surface area contributed by atoms with Gasteiger partial charge in [-0.15, -0.1) is 0 Å². The minimum absolute atomic E-state index is 0.132. The van der Waals surface area contributed by atoms with E-state index in [1.54, 1.807) is 0 Å². The number of hydrogen-bond donors (Lipinski definition) is 0. The van der Waals surface area contributed by atoms with Crippen molar-refractivity contribution in [3.05, 3.63) is 0 Å². The Morgan fingerprint density at radius 3 is 1.94 bits per heavy atom. The van der Waals surface area contributed by atoms with Gasteiger partial charge in [-0.05, 0) is 25.2 Å². The van der Waals surface area contributed by atoms with Crippen LogP contribution in [-0.4, -0.2) is 12.4 Å². The highest BCUT2D eigenvalue weighted by Crippen LogP contribution is 2.41. The standard InChI is InChI=1S/C13H24O3/c1-6-12(4,7-2)9-13(5,8-3)11(15)16-10-14/h10H,6-9H2,1-5H3. The van der Waals surface area contributed by atoms with E-state index in [0.29, 0.717) is 6.42 Å². The predicted molar refractivity (Wildman–Crippen MR) is 63.9 cm³/mol. The van der Waals surface area contributed by atoms with Crippen molar-refractivity contribution in [1.29, 1.82) is 0 Å². The SMILES string of the molecule is CCC(C)(CC)CC(C)(CC)C(=O)OC=O. The van der Waals surface area contributed by atoms with Crippen molar-refractivity contribution in [2.75, 3.05) is 0 Å². The molecule has 0 saturated heterocycles. The summed E-state index contributed by atoms with van der Waals surface area (Å²) < 4.78 is 4.51. The lowest BCUT2D eigenvalue weighted by Gasteiger charge is -2.36. The predicted octanol–water partition coefficient (Wildman–Crippen LogP) is 3.32. The van der Waals surface area contributed by atoms with Crippen LogP contribution in [-0.2, 0) is 14.3 Å². The third-order valence-corrected chi connectivity index (χ3v) is 3.95. The molecule has 0 aliphatic rings. The van der Waals surface area contributed by atoms with Crippen LogP contribution < -0.4 is 0 Å². The third-order valence-electron chi connectivity index (χ3n) is 3.95. The average molecular weight is 228 g/mol. The number of ether oxygens (including phenoxy) is 1. The molecule has 1 unspecified atom stereocenters. The van der Waals surface area contributed by atoms with E-state index in [9.17, 15) is 9.59 Å². The zero-order valence-electron chi connectivity index (χ0n) is 11.1. The molecule has 0 aliphatic heterocycles. The summed E-state index contributed by atoms with van der Waals surface area (Å²) in [4.78, 5) is 22.0. The summed E-state index contributed by atoms with van der Waals surface area (Å²) in [6.45, 7) is 10.5. The normalized spacial score (nSPS) is 15.3. The van der Waals surface area contributed by atoms with Crippen LogP contribution in [0.1, 0.15) is 60.3 Å². The third kappa shape index (κ3) is 3.62. The van der Waals surface area contributed by atoms with Gasteiger partial charge in [-0.25, -0.2) is 0 Å². The highest BCUT2D eigenvalue weighted by Gasteiger charge is 2.39. The molecule has 0 radical (unpaired) electrons. The van der Waals surface area contributed by atoms with Gasteiger partial charge in [-0.2, -0.15) is 0 Å². The zero-order chi connectivity index (χ0) is 12.8. The van der Waals surface area contributed by atoms with Gasteiger partial charge in [-0.3, -0.25) is 9.59 Å². The average Bonchev–Trinajstić information content (AvgIpc) is 2.29. The van der Waals surface area contributed by atoms with Gasteiger partial charge < -0.3 is 4.74 Å². The first-order valence-corrected chi connectivity index (χ1v) is 6.02. The van der Waals surface area contributed by atoms with Crippen LogP contribution in [0.3, 0.4) is 0 Å². The van der Waals surface area contributed by atoms with Gasteiger partial charge in [0.1, 0.15) is 0 Å². The van der Waals surface area contributed by atoms with E-state index in [1.807, 2.05) is 13.8 Å². The Morgan fingerprint density at radius 2 is 1.62 bits per heavy atom. The maximum atomic E-state index is 11.8. The highest BCUT2D eigenvalue weighted by atomic mass is 16.6. The summed E-state index contributed by atoms with van der Waals surface area (Å²) in [6, 6.07) is 0. The molecule has 0 aliphatic carbocycles. The quantitative estimate of drug-likeness (QED) is 0.381. The summed E-state index contributed by atoms with van der Waals surface area (Å²) >= 11 is 0. The number of rotatable bonds is 7. The molecule has 0 rings (SSSR count). The molecular formula is C13H24O3. The van der Waals surface area contributed by atoms with Gasteiger partial charge in [-0.1, -0.05) is 40.5 Å². The van der Waals surface area contributed by atoms with Crippen LogP contribution in [0.4, 0.5) is 0 Å². The fourth-order valence-electron chi connectivity index (χ4n) is 1.97. The summed E-state index contributed by atoms with van der Waals surface area (Å²) in [6.07, 6.45) is 3.49. The number of carbonyl (C=O) groups is 2. The molecule has 16 heavy (non-hydrogen) atoms. The molecule has 0 heterocycles. The van der Waals surface area contributed by atoms with Crippen molar-refractivity contribution in [3.8, 4) is 0 Å². The molecule has 0 aromatic carbocycles. The fraction of sp³-hybridized carbons (Fsp3) is 0.846. The first-order chi connectivity index (χ1) is 7.37. The molecule has 0 aromatic rings. The Morgan fingerprint density at radius 1 is 1.12 bits per heavy atom. The molecule has 0 amide bonds. The van der Waals surface area contributed by atoms with Crippen molar-refractivity contribution >= 4 is 12.4 Å². The van der Waals surface area contributed by atoms with Crippen LogP contribution in [0.25, 0.3) is 0 Å². The second-order valence-electron chi connectivity index (χ2n) is 5.11. The monoisotopic (exact) mass is 228 g/mol. The largest absolute Gasteiger partial charge is 0.395 e. The molecule has 0 N–H and O–H groups in total. The Labute approximate surface area is 98.6 Å². The van der Waals surface area contributed by atoms with Gasteiger partial charge >= 0.3 is 12.4 Å². The van der Waals surface area contributed by atoms with E-state index in [0.717, 1.165) is 19.3 Å². The molecule has 0 fully saturated rings. The molecule has 0 saturated carbocycles. The minimum atomic E-state index is -0.554. The van der Waals surface area contributed by atoms with Crippen molar-refractivity contribution in [1.82, 2.24) is 0 Å². The smallest absolute Gasteiger partial charge is 0.319 e. The van der Waals surface area contributed by atoms with E-state index in [-0.39, 0.29) is 11.9 Å². The summed E-state index contributed by atoms with van der Waals surface area (Å²) in [7, 11) is 0. The topological polar surface area (TPSA) is 43.4 Å². The van der Waals surface area contributed by atoms with Crippen LogP contribution in [0.5, 0.6) is 0 Å². The molecule has 1 atom stereocenters.